The number of benzene rings is 1. The average Bonchev–Trinajstić information content (AvgIpc) is 2.79. The van der Waals surface area contributed by atoms with Crippen LogP contribution < -0.4 is 10.6 Å². The Morgan fingerprint density at radius 1 is 1.50 bits per heavy atom. The molecule has 1 unspecified atom stereocenters. The molecule has 0 saturated carbocycles. The zero-order valence-corrected chi connectivity index (χ0v) is 11.5. The maximum absolute atomic E-state index is 13.7. The van der Waals surface area contributed by atoms with Crippen LogP contribution in [0.1, 0.15) is 50.3 Å². The lowest BCUT2D eigenvalue weighted by Gasteiger charge is -2.29. The van der Waals surface area contributed by atoms with E-state index in [2.05, 4.69) is 11.8 Å². The Morgan fingerprint density at radius 2 is 2.22 bits per heavy atom. The van der Waals surface area contributed by atoms with Gasteiger partial charge in [-0.2, -0.15) is 0 Å². The second-order valence-corrected chi connectivity index (χ2v) is 5.35. The number of nitrogens with zero attached hydrogens (tertiary/aromatic N) is 1. The highest BCUT2D eigenvalue weighted by atomic mass is 19.1. The van der Waals surface area contributed by atoms with E-state index in [1.165, 1.54) is 12.8 Å². The summed E-state index contributed by atoms with van der Waals surface area (Å²) in [5, 5.41) is 0. The maximum Gasteiger partial charge on any atom is 0.126 e. The standard InChI is InChI=1S/C15H23FN2/c1-4-12-6-5-7-18(12)15-8-10(2)14(16)9-13(15)11(3)17/h8-9,11-12H,4-7,17H2,1-3H3/t11-,12?/m0/s1. The van der Waals surface area contributed by atoms with Gasteiger partial charge in [-0.1, -0.05) is 6.92 Å². The molecule has 18 heavy (non-hydrogen) atoms. The van der Waals surface area contributed by atoms with Gasteiger partial charge in [-0.05, 0) is 56.4 Å². The molecule has 2 atom stereocenters. The van der Waals surface area contributed by atoms with Gasteiger partial charge in [0.25, 0.3) is 0 Å². The molecule has 0 aliphatic carbocycles. The number of hydrogen-bond donors (Lipinski definition) is 1. The fraction of sp³-hybridized carbons (Fsp3) is 0.600. The van der Waals surface area contributed by atoms with Gasteiger partial charge in [0.15, 0.2) is 0 Å². The fourth-order valence-corrected chi connectivity index (χ4v) is 2.87. The van der Waals surface area contributed by atoms with Crippen LogP contribution in [0.25, 0.3) is 0 Å². The lowest BCUT2D eigenvalue weighted by Crippen LogP contribution is -2.30. The van der Waals surface area contributed by atoms with Crippen LogP contribution in [-0.4, -0.2) is 12.6 Å². The molecule has 3 heteroatoms. The first-order valence-corrected chi connectivity index (χ1v) is 6.86. The van der Waals surface area contributed by atoms with E-state index in [1.807, 2.05) is 19.9 Å². The molecule has 2 rings (SSSR count). The first-order chi connectivity index (χ1) is 8.54. The number of halogens is 1. The molecule has 100 valence electrons. The summed E-state index contributed by atoms with van der Waals surface area (Å²) in [4.78, 5) is 2.41. The minimum Gasteiger partial charge on any atom is -0.368 e. The topological polar surface area (TPSA) is 29.3 Å². The average molecular weight is 250 g/mol. The van der Waals surface area contributed by atoms with Crippen LogP contribution in [-0.2, 0) is 0 Å². The van der Waals surface area contributed by atoms with Gasteiger partial charge in [0.05, 0.1) is 0 Å². The third-order valence-corrected chi connectivity index (χ3v) is 3.96. The van der Waals surface area contributed by atoms with Crippen LogP contribution >= 0.6 is 0 Å². The van der Waals surface area contributed by atoms with E-state index >= 15 is 0 Å². The largest absolute Gasteiger partial charge is 0.368 e. The predicted octanol–water partition coefficient (Wildman–Crippen LogP) is 3.53. The van der Waals surface area contributed by atoms with E-state index < -0.39 is 0 Å². The minimum atomic E-state index is -0.154. The summed E-state index contributed by atoms with van der Waals surface area (Å²) >= 11 is 0. The zero-order valence-electron chi connectivity index (χ0n) is 11.5. The lowest BCUT2D eigenvalue weighted by molar-refractivity contribution is 0.608. The molecule has 1 aliphatic rings. The van der Waals surface area contributed by atoms with Gasteiger partial charge < -0.3 is 10.6 Å². The Labute approximate surface area is 109 Å². The van der Waals surface area contributed by atoms with E-state index in [9.17, 15) is 4.39 Å². The highest BCUT2D eigenvalue weighted by Gasteiger charge is 2.26. The van der Waals surface area contributed by atoms with Crippen molar-refractivity contribution in [3.05, 3.63) is 29.1 Å². The van der Waals surface area contributed by atoms with Crippen molar-refractivity contribution in [2.45, 2.75) is 52.1 Å². The van der Waals surface area contributed by atoms with Crippen molar-refractivity contribution in [2.75, 3.05) is 11.4 Å². The van der Waals surface area contributed by atoms with E-state index in [0.29, 0.717) is 11.6 Å². The second-order valence-electron chi connectivity index (χ2n) is 5.35. The summed E-state index contributed by atoms with van der Waals surface area (Å²) < 4.78 is 13.7. The van der Waals surface area contributed by atoms with Crippen molar-refractivity contribution in [1.82, 2.24) is 0 Å². The van der Waals surface area contributed by atoms with E-state index in [4.69, 9.17) is 5.73 Å². The number of hydrogen-bond acceptors (Lipinski definition) is 2. The van der Waals surface area contributed by atoms with Crippen molar-refractivity contribution in [1.29, 1.82) is 0 Å². The van der Waals surface area contributed by atoms with Gasteiger partial charge in [0.1, 0.15) is 5.82 Å². The summed E-state index contributed by atoms with van der Waals surface area (Å²) in [6.07, 6.45) is 3.58. The summed E-state index contributed by atoms with van der Waals surface area (Å²) in [6.45, 7) is 7.01. The molecule has 1 heterocycles. The Kier molecular flexibility index (Phi) is 3.91. The van der Waals surface area contributed by atoms with Crippen LogP contribution in [0.4, 0.5) is 10.1 Å². The van der Waals surface area contributed by atoms with Gasteiger partial charge >= 0.3 is 0 Å². The first kappa shape index (κ1) is 13.3. The van der Waals surface area contributed by atoms with Crippen molar-refractivity contribution in [3.8, 4) is 0 Å². The molecule has 1 aromatic carbocycles. The normalized spacial score (nSPS) is 21.4. The molecule has 2 N–H and O–H groups in total. The molecular formula is C15H23FN2. The van der Waals surface area contributed by atoms with Crippen LogP contribution in [0, 0.1) is 12.7 Å². The van der Waals surface area contributed by atoms with Gasteiger partial charge in [0.2, 0.25) is 0 Å². The molecule has 0 spiro atoms. The van der Waals surface area contributed by atoms with Gasteiger partial charge in [-0.3, -0.25) is 0 Å². The summed E-state index contributed by atoms with van der Waals surface area (Å²) in [5.41, 5.74) is 8.76. The van der Waals surface area contributed by atoms with Crippen molar-refractivity contribution < 1.29 is 4.39 Å². The number of nitrogens with two attached hydrogens (primary N) is 1. The third-order valence-electron chi connectivity index (χ3n) is 3.96. The van der Waals surface area contributed by atoms with Crippen LogP contribution in [0.5, 0.6) is 0 Å². The molecule has 0 bridgehead atoms. The van der Waals surface area contributed by atoms with Crippen LogP contribution in [0.2, 0.25) is 0 Å². The molecule has 0 amide bonds. The van der Waals surface area contributed by atoms with Gasteiger partial charge in [0, 0.05) is 24.3 Å². The van der Waals surface area contributed by atoms with Crippen molar-refractivity contribution in [3.63, 3.8) is 0 Å². The Bertz CT molecular complexity index is 429. The zero-order chi connectivity index (χ0) is 13.3. The smallest absolute Gasteiger partial charge is 0.126 e. The van der Waals surface area contributed by atoms with Crippen LogP contribution in [0.3, 0.4) is 0 Å². The van der Waals surface area contributed by atoms with Gasteiger partial charge in [-0.15, -0.1) is 0 Å². The third kappa shape index (κ3) is 2.37. The summed E-state index contributed by atoms with van der Waals surface area (Å²) in [7, 11) is 0. The quantitative estimate of drug-likeness (QED) is 0.889. The van der Waals surface area contributed by atoms with Crippen molar-refractivity contribution >= 4 is 5.69 Å². The van der Waals surface area contributed by atoms with Crippen LogP contribution in [0.15, 0.2) is 12.1 Å². The number of rotatable bonds is 3. The van der Waals surface area contributed by atoms with E-state index in [0.717, 1.165) is 24.2 Å². The molecule has 0 radical (unpaired) electrons. The highest BCUT2D eigenvalue weighted by molar-refractivity contribution is 5.58. The molecule has 0 aromatic heterocycles. The van der Waals surface area contributed by atoms with Crippen molar-refractivity contribution in [2.24, 2.45) is 5.73 Å². The Balaban J connectivity index is 2.45. The van der Waals surface area contributed by atoms with Gasteiger partial charge in [-0.25, -0.2) is 4.39 Å². The second kappa shape index (κ2) is 5.27. The first-order valence-electron chi connectivity index (χ1n) is 6.86. The molecule has 1 fully saturated rings. The molecule has 1 aliphatic heterocycles. The molecule has 2 nitrogen and oxygen atoms in total. The number of anilines is 1. The SMILES string of the molecule is CCC1CCCN1c1cc(C)c(F)cc1[C@H](C)N. The highest BCUT2D eigenvalue weighted by Crippen LogP contribution is 2.34. The van der Waals surface area contributed by atoms with E-state index in [1.54, 1.807) is 6.07 Å². The summed E-state index contributed by atoms with van der Waals surface area (Å²) in [5.74, 6) is -0.154. The minimum absolute atomic E-state index is 0.131. The molecule has 1 saturated heterocycles. The maximum atomic E-state index is 13.7. The van der Waals surface area contributed by atoms with E-state index in [-0.39, 0.29) is 11.9 Å². The fourth-order valence-electron chi connectivity index (χ4n) is 2.87. The monoisotopic (exact) mass is 250 g/mol. The summed E-state index contributed by atoms with van der Waals surface area (Å²) in [6, 6.07) is 4.02. The lowest BCUT2D eigenvalue weighted by atomic mass is 10.0. The Hall–Kier alpha value is -1.09. The molecule has 1 aromatic rings. The predicted molar refractivity (Wildman–Crippen MR) is 74.4 cm³/mol. The molecular weight excluding hydrogens is 227 g/mol. The number of aryl methyl sites for hydroxylation is 1. The Morgan fingerprint density at radius 3 is 2.83 bits per heavy atom.